The number of ether oxygens (including phenoxy) is 1. The lowest BCUT2D eigenvalue weighted by atomic mass is 9.88. The first-order valence-electron chi connectivity index (χ1n) is 15.1. The molecule has 0 saturated carbocycles. The Hall–Kier alpha value is -4.14. The van der Waals surface area contributed by atoms with Crippen molar-refractivity contribution in [2.45, 2.75) is 77.4 Å². The molecular weight excluding hydrogens is 582 g/mol. The predicted molar refractivity (Wildman–Crippen MR) is 181 cm³/mol. The summed E-state index contributed by atoms with van der Waals surface area (Å²) in [5.41, 5.74) is 6.72. The van der Waals surface area contributed by atoms with Crippen LogP contribution in [0.5, 0.6) is 5.75 Å². The molecule has 0 aliphatic rings. The number of thioether (sulfide) groups is 1. The van der Waals surface area contributed by atoms with E-state index < -0.39 is 11.4 Å². The summed E-state index contributed by atoms with van der Waals surface area (Å²) in [6.07, 6.45) is 3.90. The van der Waals surface area contributed by atoms with Crippen molar-refractivity contribution in [2.75, 3.05) is 0 Å². The van der Waals surface area contributed by atoms with Gasteiger partial charge in [0, 0.05) is 57.2 Å². The van der Waals surface area contributed by atoms with Crippen molar-refractivity contribution in [1.29, 1.82) is 0 Å². The quantitative estimate of drug-likeness (QED) is 0.144. The third-order valence-corrected chi connectivity index (χ3v) is 8.92. The largest absolute Gasteiger partial charge is 0.487 e. The highest BCUT2D eigenvalue weighted by molar-refractivity contribution is 8.00. The van der Waals surface area contributed by atoms with Gasteiger partial charge in [0.15, 0.2) is 0 Å². The highest BCUT2D eigenvalue weighted by Crippen LogP contribution is 2.44. The molecular formula is C37H41N3O4S. The van der Waals surface area contributed by atoms with Crippen LogP contribution in [0.4, 0.5) is 0 Å². The molecule has 7 nitrogen and oxygen atoms in total. The summed E-state index contributed by atoms with van der Waals surface area (Å²) in [6.45, 7) is 13.0. The molecule has 2 aromatic carbocycles. The molecule has 8 heteroatoms. The number of fused-ring (bicyclic) bond motifs is 1. The SMILES string of the molecule is Cc1ccc(COc2ccc3c(c2)c(SC(C)(C)C)c(CC(C)(C)C(=O)O)n3Cc2ccc(-c3ccc(CO)cn3)cc2)nc1. The lowest BCUT2D eigenvalue weighted by Gasteiger charge is -2.24. The Balaban J connectivity index is 1.56. The monoisotopic (exact) mass is 623 g/mol. The van der Waals surface area contributed by atoms with E-state index in [9.17, 15) is 15.0 Å². The molecule has 0 bridgehead atoms. The molecule has 0 fully saturated rings. The molecule has 2 N–H and O–H groups in total. The van der Waals surface area contributed by atoms with Gasteiger partial charge in [-0.3, -0.25) is 14.8 Å². The molecule has 3 aromatic heterocycles. The first-order valence-corrected chi connectivity index (χ1v) is 15.9. The number of hydrogen-bond acceptors (Lipinski definition) is 6. The fraction of sp³-hybridized carbons (Fsp3) is 0.324. The van der Waals surface area contributed by atoms with Gasteiger partial charge in [0.2, 0.25) is 0 Å². The van der Waals surface area contributed by atoms with Gasteiger partial charge in [0.1, 0.15) is 12.4 Å². The second-order valence-corrected chi connectivity index (χ2v) is 15.0. The van der Waals surface area contributed by atoms with Crippen molar-refractivity contribution in [3.63, 3.8) is 0 Å². The van der Waals surface area contributed by atoms with E-state index in [0.717, 1.165) is 60.9 Å². The average Bonchev–Trinajstić information content (AvgIpc) is 3.26. The molecule has 5 aromatic rings. The Labute approximate surface area is 269 Å². The van der Waals surface area contributed by atoms with Crippen LogP contribution < -0.4 is 4.74 Å². The number of carbonyl (C=O) groups is 1. The maximum absolute atomic E-state index is 12.4. The van der Waals surface area contributed by atoms with Gasteiger partial charge >= 0.3 is 5.97 Å². The number of carboxylic acids is 1. The van der Waals surface area contributed by atoms with Gasteiger partial charge in [-0.25, -0.2) is 0 Å². The maximum Gasteiger partial charge on any atom is 0.309 e. The minimum Gasteiger partial charge on any atom is -0.487 e. The number of aromatic nitrogens is 3. The molecule has 0 spiro atoms. The zero-order valence-electron chi connectivity index (χ0n) is 26.8. The number of hydrogen-bond donors (Lipinski definition) is 2. The predicted octanol–water partition coefficient (Wildman–Crippen LogP) is 8.07. The van der Waals surface area contributed by atoms with E-state index in [1.165, 1.54) is 0 Å². The Morgan fingerprint density at radius 2 is 1.64 bits per heavy atom. The van der Waals surface area contributed by atoms with Crippen molar-refractivity contribution >= 4 is 28.6 Å². The van der Waals surface area contributed by atoms with Gasteiger partial charge in [-0.15, -0.1) is 11.8 Å². The van der Waals surface area contributed by atoms with Gasteiger partial charge in [-0.05, 0) is 67.8 Å². The Kier molecular flexibility index (Phi) is 9.37. The third kappa shape index (κ3) is 7.75. The van der Waals surface area contributed by atoms with Crippen LogP contribution in [0.3, 0.4) is 0 Å². The molecule has 0 radical (unpaired) electrons. The van der Waals surface area contributed by atoms with E-state index in [1.54, 1.807) is 31.8 Å². The number of aliphatic hydroxyl groups excluding tert-OH is 1. The molecule has 0 aliphatic carbocycles. The zero-order chi connectivity index (χ0) is 32.4. The summed E-state index contributed by atoms with van der Waals surface area (Å²) in [7, 11) is 0. The van der Waals surface area contributed by atoms with Crippen molar-refractivity contribution in [2.24, 2.45) is 5.41 Å². The maximum atomic E-state index is 12.4. The Morgan fingerprint density at radius 3 is 2.24 bits per heavy atom. The lowest BCUT2D eigenvalue weighted by molar-refractivity contribution is -0.146. The smallest absolute Gasteiger partial charge is 0.309 e. The highest BCUT2D eigenvalue weighted by Gasteiger charge is 2.33. The lowest BCUT2D eigenvalue weighted by Crippen LogP contribution is -2.28. The molecule has 0 saturated heterocycles. The summed E-state index contributed by atoms with van der Waals surface area (Å²) >= 11 is 1.76. The number of aliphatic carboxylic acids is 1. The first kappa shape index (κ1) is 32.3. The molecule has 0 aliphatic heterocycles. The normalized spacial score (nSPS) is 12.1. The average molecular weight is 624 g/mol. The van der Waals surface area contributed by atoms with Crippen LogP contribution in [0.15, 0.2) is 84.0 Å². The minimum absolute atomic E-state index is 0.0366. The van der Waals surface area contributed by atoms with Crippen LogP contribution in [0.1, 0.15) is 62.7 Å². The van der Waals surface area contributed by atoms with Crippen LogP contribution in [0, 0.1) is 12.3 Å². The van der Waals surface area contributed by atoms with E-state index in [4.69, 9.17) is 4.74 Å². The zero-order valence-corrected chi connectivity index (χ0v) is 27.6. The third-order valence-electron chi connectivity index (χ3n) is 7.64. The number of aliphatic hydroxyl groups is 1. The van der Waals surface area contributed by atoms with Gasteiger partial charge in [-0.2, -0.15) is 0 Å². The molecule has 3 heterocycles. The molecule has 0 unspecified atom stereocenters. The molecule has 5 rings (SSSR count). The minimum atomic E-state index is -0.966. The van der Waals surface area contributed by atoms with Crippen LogP contribution in [0.25, 0.3) is 22.2 Å². The Bertz CT molecular complexity index is 1790. The topological polar surface area (TPSA) is 97.5 Å². The van der Waals surface area contributed by atoms with Crippen molar-refractivity contribution in [3.8, 4) is 17.0 Å². The second kappa shape index (κ2) is 13.1. The number of nitrogens with zero attached hydrogens (tertiary/aromatic N) is 3. The van der Waals surface area contributed by atoms with Crippen LogP contribution in [-0.4, -0.2) is 35.5 Å². The number of benzene rings is 2. The van der Waals surface area contributed by atoms with Gasteiger partial charge in [0.25, 0.3) is 0 Å². The fourth-order valence-corrected chi connectivity index (χ4v) is 6.30. The van der Waals surface area contributed by atoms with E-state index >= 15 is 0 Å². The van der Waals surface area contributed by atoms with Crippen LogP contribution >= 0.6 is 11.8 Å². The summed E-state index contributed by atoms with van der Waals surface area (Å²) in [5, 5.41) is 20.5. The number of pyridine rings is 2. The van der Waals surface area contributed by atoms with Gasteiger partial charge in [-0.1, -0.05) is 57.2 Å². The summed E-state index contributed by atoms with van der Waals surface area (Å²) in [6, 6.07) is 22.2. The summed E-state index contributed by atoms with van der Waals surface area (Å²) in [5.74, 6) is -0.0874. The molecule has 45 heavy (non-hydrogen) atoms. The fourth-order valence-electron chi connectivity index (χ4n) is 5.11. The van der Waals surface area contributed by atoms with Crippen molar-refractivity contribution in [3.05, 3.63) is 107 Å². The van der Waals surface area contributed by atoms with E-state index in [2.05, 4.69) is 71.7 Å². The molecule has 0 amide bonds. The van der Waals surface area contributed by atoms with E-state index in [1.807, 2.05) is 43.5 Å². The van der Waals surface area contributed by atoms with Gasteiger partial charge in [0.05, 0.1) is 23.4 Å². The standard InChI is InChI=1S/C37H41N3O4S/c1-24-7-13-28(38-19-24)23-44-29-14-16-32-30(17-29)34(45-36(2,3)4)33(18-37(5,6)35(42)43)40(32)21-25-8-11-27(12-9-25)31-15-10-26(22-41)20-39-31/h7-17,19-20,41H,18,21-23H2,1-6H3,(H,42,43). The summed E-state index contributed by atoms with van der Waals surface area (Å²) in [4.78, 5) is 22.4. The van der Waals surface area contributed by atoms with E-state index in [0.29, 0.717) is 19.6 Å². The van der Waals surface area contributed by atoms with Gasteiger partial charge < -0.3 is 19.5 Å². The van der Waals surface area contributed by atoms with Crippen molar-refractivity contribution < 1.29 is 19.7 Å². The number of carboxylic acid groups (broad SMARTS) is 1. The summed E-state index contributed by atoms with van der Waals surface area (Å²) < 4.78 is 8.37. The first-order chi connectivity index (χ1) is 21.3. The number of aryl methyl sites for hydroxylation is 1. The highest BCUT2D eigenvalue weighted by atomic mass is 32.2. The van der Waals surface area contributed by atoms with Crippen LogP contribution in [-0.2, 0) is 31.0 Å². The van der Waals surface area contributed by atoms with Crippen LogP contribution in [0.2, 0.25) is 0 Å². The van der Waals surface area contributed by atoms with Crippen molar-refractivity contribution in [1.82, 2.24) is 14.5 Å². The van der Waals surface area contributed by atoms with E-state index in [-0.39, 0.29) is 11.4 Å². The number of rotatable bonds is 11. The molecule has 234 valence electrons. The molecule has 0 atom stereocenters. The second-order valence-electron chi connectivity index (χ2n) is 13.1. The Morgan fingerprint density at radius 1 is 0.911 bits per heavy atom.